The molecule has 3 heterocycles. The average molecular weight is 507 g/mol. The van der Waals surface area contributed by atoms with Crippen molar-refractivity contribution in [3.05, 3.63) is 81.4 Å². The highest BCUT2D eigenvalue weighted by Crippen LogP contribution is 2.64. The number of para-hydroxylation sites is 2. The van der Waals surface area contributed by atoms with Gasteiger partial charge in [-0.05, 0) is 73.7 Å². The van der Waals surface area contributed by atoms with Gasteiger partial charge in [0, 0.05) is 17.5 Å². The maximum absolute atomic E-state index is 12.6. The lowest BCUT2D eigenvalue weighted by atomic mass is 9.80. The van der Waals surface area contributed by atoms with Crippen LogP contribution in [0.5, 0.6) is 0 Å². The molecule has 2 aromatic rings. The van der Waals surface area contributed by atoms with Gasteiger partial charge in [-0.2, -0.15) is 0 Å². The van der Waals surface area contributed by atoms with Crippen molar-refractivity contribution in [3.8, 4) is 0 Å². The van der Waals surface area contributed by atoms with Gasteiger partial charge >= 0.3 is 0 Å². The van der Waals surface area contributed by atoms with Gasteiger partial charge in [-0.3, -0.25) is 15.1 Å². The van der Waals surface area contributed by atoms with E-state index in [2.05, 4.69) is 57.0 Å². The molecule has 4 unspecified atom stereocenters. The largest absolute Gasteiger partial charge is 0.252 e. The molecule has 0 bridgehead atoms. The molecule has 190 valence electrons. The highest BCUT2D eigenvalue weighted by atomic mass is 32.3. The van der Waals surface area contributed by atoms with Crippen LogP contribution in [0, 0.1) is 10.1 Å². The van der Waals surface area contributed by atoms with Crippen molar-refractivity contribution in [2.75, 3.05) is 10.0 Å². The summed E-state index contributed by atoms with van der Waals surface area (Å²) in [6.07, 6.45) is 2.51. The lowest BCUT2D eigenvalue weighted by Gasteiger charge is -2.52. The monoisotopic (exact) mass is 506 g/mol. The van der Waals surface area contributed by atoms with E-state index in [0.717, 1.165) is 23.4 Å². The summed E-state index contributed by atoms with van der Waals surface area (Å²) in [6, 6.07) is 16.4. The number of rotatable bonds is 4. The molecular formula is C27H34N6O2S. The minimum absolute atomic E-state index is 0.0646. The molecule has 0 N–H and O–H groups in total. The van der Waals surface area contributed by atoms with Crippen LogP contribution in [0.25, 0.3) is 0 Å². The van der Waals surface area contributed by atoms with Gasteiger partial charge < -0.3 is 0 Å². The third-order valence-corrected chi connectivity index (χ3v) is 11.2. The number of fused-ring (bicyclic) bond motifs is 2. The van der Waals surface area contributed by atoms with Crippen molar-refractivity contribution in [3.63, 3.8) is 0 Å². The van der Waals surface area contributed by atoms with Crippen LogP contribution in [-0.4, -0.2) is 26.2 Å². The van der Waals surface area contributed by atoms with Crippen molar-refractivity contribution in [2.45, 2.75) is 76.1 Å². The third-order valence-electron chi connectivity index (χ3n) is 7.91. The zero-order chi connectivity index (χ0) is 25.9. The van der Waals surface area contributed by atoms with E-state index in [4.69, 9.17) is 10.4 Å². The maximum atomic E-state index is 12.6. The predicted octanol–water partition coefficient (Wildman–Crippen LogP) is 7.34. The van der Waals surface area contributed by atoms with Crippen LogP contribution in [0.4, 0.5) is 11.4 Å². The van der Waals surface area contributed by atoms with Gasteiger partial charge in [-0.25, -0.2) is 10.0 Å². The van der Waals surface area contributed by atoms with E-state index in [0.29, 0.717) is 5.92 Å². The molecule has 0 aromatic heterocycles. The highest BCUT2D eigenvalue weighted by Gasteiger charge is 2.59. The summed E-state index contributed by atoms with van der Waals surface area (Å²) in [5.74, 6) is 0.349. The topological polar surface area (TPSA) is 86.7 Å². The fourth-order valence-corrected chi connectivity index (χ4v) is 9.56. The van der Waals surface area contributed by atoms with Crippen LogP contribution in [-0.2, 0) is 0 Å². The van der Waals surface area contributed by atoms with E-state index < -0.39 is 15.8 Å². The maximum Gasteiger partial charge on any atom is 0.108 e. The Labute approximate surface area is 214 Å². The second-order valence-corrected chi connectivity index (χ2v) is 13.9. The normalized spacial score (nSPS) is 31.7. The minimum Gasteiger partial charge on any atom is -0.252 e. The molecule has 36 heavy (non-hydrogen) atoms. The summed E-state index contributed by atoms with van der Waals surface area (Å²) in [4.78, 5) is 16.7. The first-order chi connectivity index (χ1) is 17.0. The summed E-state index contributed by atoms with van der Waals surface area (Å²) in [5.41, 5.74) is 4.90. The molecule has 5 rings (SSSR count). The first-order valence-corrected chi connectivity index (χ1v) is 14.1. The van der Waals surface area contributed by atoms with Gasteiger partial charge in [0.25, 0.3) is 0 Å². The molecule has 9 heteroatoms. The molecule has 0 fully saturated rings. The number of benzene rings is 2. The fourth-order valence-electron chi connectivity index (χ4n) is 6.47. The summed E-state index contributed by atoms with van der Waals surface area (Å²) in [5, 5.41) is 27.6. The third kappa shape index (κ3) is 3.55. The number of nitro groups is 1. The van der Waals surface area contributed by atoms with Gasteiger partial charge in [0.2, 0.25) is 0 Å². The van der Waals surface area contributed by atoms with E-state index in [1.54, 1.807) is 17.2 Å². The van der Waals surface area contributed by atoms with E-state index in [1.165, 1.54) is 5.56 Å². The van der Waals surface area contributed by atoms with Gasteiger partial charge in [0.1, 0.15) is 5.55 Å². The number of nitrogens with zero attached hydrogens (tertiary/aromatic N) is 6. The van der Waals surface area contributed by atoms with Crippen molar-refractivity contribution in [1.82, 2.24) is 0 Å². The predicted molar refractivity (Wildman–Crippen MR) is 148 cm³/mol. The van der Waals surface area contributed by atoms with Crippen LogP contribution in [0.15, 0.2) is 75.6 Å². The van der Waals surface area contributed by atoms with Crippen molar-refractivity contribution >= 4 is 27.1 Å². The van der Waals surface area contributed by atoms with Gasteiger partial charge in [0.05, 0.1) is 42.2 Å². The Morgan fingerprint density at radius 2 is 1.56 bits per heavy atom. The number of hydrogen-bond donors (Lipinski definition) is 0. The molecule has 0 saturated carbocycles. The number of aliphatic imine (C=N–C) groups is 1. The van der Waals surface area contributed by atoms with Gasteiger partial charge in [-0.15, -0.1) is 0 Å². The van der Waals surface area contributed by atoms with Crippen LogP contribution in [0.3, 0.4) is 0 Å². The molecule has 0 radical (unpaired) electrons. The van der Waals surface area contributed by atoms with Gasteiger partial charge in [0.15, 0.2) is 0 Å². The molecule has 8 nitrogen and oxygen atoms in total. The summed E-state index contributed by atoms with van der Waals surface area (Å²) in [7, 11) is -2.54. The second kappa shape index (κ2) is 8.44. The first-order valence-electron chi connectivity index (χ1n) is 12.4. The zero-order valence-corrected chi connectivity index (χ0v) is 22.5. The van der Waals surface area contributed by atoms with E-state index in [-0.39, 0.29) is 21.0 Å². The van der Waals surface area contributed by atoms with Gasteiger partial charge in [-0.1, -0.05) is 50.2 Å². The molecule has 0 saturated heterocycles. The Bertz CT molecular complexity index is 1270. The van der Waals surface area contributed by atoms with Crippen LogP contribution in [0.2, 0.25) is 0 Å². The molecule has 3 aliphatic rings. The highest BCUT2D eigenvalue weighted by molar-refractivity contribution is 8.42. The van der Waals surface area contributed by atoms with Crippen LogP contribution < -0.4 is 10.0 Å². The smallest absolute Gasteiger partial charge is 0.108 e. The Balaban J connectivity index is 1.64. The first kappa shape index (κ1) is 24.5. The molecular weight excluding hydrogens is 472 g/mol. The summed E-state index contributed by atoms with van der Waals surface area (Å²) in [6.45, 7) is 12.8. The van der Waals surface area contributed by atoms with Crippen molar-refractivity contribution in [2.24, 2.45) is 15.4 Å². The molecule has 0 spiro atoms. The summed E-state index contributed by atoms with van der Waals surface area (Å²) < 4.78 is -0.127. The molecule has 0 aliphatic carbocycles. The fraction of sp³-hybridized carbons (Fsp3) is 0.444. The average Bonchev–Trinajstić information content (AvgIpc) is 3.31. The van der Waals surface area contributed by atoms with E-state index >= 15 is 0 Å². The Morgan fingerprint density at radius 1 is 0.972 bits per heavy atom. The lowest BCUT2D eigenvalue weighted by Crippen LogP contribution is -2.58. The second-order valence-electron chi connectivity index (χ2n) is 11.2. The summed E-state index contributed by atoms with van der Waals surface area (Å²) >= 11 is 0. The SMILES string of the molecule is CC1CC(C)(C)N(/N=N/N2c3ccccc3C(C)C(S3([N+](=O)[O-])C=CN=C3)C2(C)C)c2ccccc21. The van der Waals surface area contributed by atoms with Crippen LogP contribution in [0.1, 0.15) is 70.9 Å². The van der Waals surface area contributed by atoms with E-state index in [1.807, 2.05) is 48.1 Å². The van der Waals surface area contributed by atoms with Crippen molar-refractivity contribution in [1.29, 1.82) is 0 Å². The zero-order valence-electron chi connectivity index (χ0n) is 21.7. The molecule has 0 amide bonds. The number of hydrogen-bond acceptors (Lipinski definition) is 5. The number of anilines is 2. The Morgan fingerprint density at radius 3 is 2.17 bits per heavy atom. The minimum atomic E-state index is -2.54. The quantitative estimate of drug-likeness (QED) is 0.247. The molecule has 4 atom stereocenters. The standard InChI is InChI=1S/C27H34N6O2S/c1-19-17-26(3,4)31(23-13-9-7-11-21(19)23)29-30-32-24-14-10-8-12-22(24)20(2)25(27(32,5)6)36(33(34)35)16-15-28-18-36/h7-16,18-20,25H,17H2,1-6H3/b30-29+. The molecule has 2 aromatic carbocycles. The Hall–Kier alpha value is -3.20. The molecule has 3 aliphatic heterocycles. The van der Waals surface area contributed by atoms with E-state index in [9.17, 15) is 10.1 Å². The lowest BCUT2D eigenvalue weighted by molar-refractivity contribution is -0.293. The van der Waals surface area contributed by atoms with Crippen molar-refractivity contribution < 1.29 is 4.33 Å². The Kier molecular flexibility index (Phi) is 5.74. The van der Waals surface area contributed by atoms with Crippen LogP contribution >= 0.6 is 10.2 Å².